The lowest BCUT2D eigenvalue weighted by molar-refractivity contribution is -0.134. The Labute approximate surface area is 102 Å². The predicted molar refractivity (Wildman–Crippen MR) is 64.2 cm³/mol. The molecule has 1 unspecified atom stereocenters. The number of carboxylic acids is 1. The van der Waals surface area contributed by atoms with E-state index < -0.39 is 21.7 Å². The molecule has 0 aromatic rings. The first-order valence-electron chi connectivity index (χ1n) is 5.73. The topological polar surface area (TPSA) is 86.7 Å². The first-order valence-corrected chi connectivity index (χ1v) is 7.38. The number of carboxylic acid groups (broad SMARTS) is 1. The fourth-order valence-electron chi connectivity index (χ4n) is 1.96. The maximum atomic E-state index is 11.3. The molecule has 1 aliphatic rings. The summed E-state index contributed by atoms with van der Waals surface area (Å²) >= 11 is 0. The molecular weight excluding hydrogens is 244 g/mol. The summed E-state index contributed by atoms with van der Waals surface area (Å²) in [6, 6.07) is 0.468. The lowest BCUT2D eigenvalue weighted by Crippen LogP contribution is -2.35. The Hall–Kier alpha value is -0.660. The third-order valence-corrected chi connectivity index (χ3v) is 4.19. The third-order valence-electron chi connectivity index (χ3n) is 2.95. The highest BCUT2D eigenvalue weighted by Crippen LogP contribution is 2.17. The van der Waals surface area contributed by atoms with E-state index in [1.165, 1.54) is 0 Å². The smallest absolute Gasteiger partial charge is 0.320 e. The number of nitrogens with zero attached hydrogens (tertiary/aromatic N) is 1. The summed E-state index contributed by atoms with van der Waals surface area (Å²) < 4.78 is 25.0. The van der Waals surface area contributed by atoms with Crippen molar-refractivity contribution >= 4 is 16.0 Å². The zero-order valence-electron chi connectivity index (χ0n) is 10.2. The lowest BCUT2D eigenvalue weighted by Gasteiger charge is -2.20. The van der Waals surface area contributed by atoms with Crippen LogP contribution in [0.2, 0.25) is 0 Å². The highest BCUT2D eigenvalue weighted by atomic mass is 32.2. The predicted octanol–water partition coefficient (Wildman–Crippen LogP) is -0.279. The van der Waals surface area contributed by atoms with E-state index in [-0.39, 0.29) is 5.92 Å². The van der Waals surface area contributed by atoms with Gasteiger partial charge in [-0.05, 0) is 32.7 Å². The van der Waals surface area contributed by atoms with E-state index in [1.807, 2.05) is 0 Å². The van der Waals surface area contributed by atoms with Crippen molar-refractivity contribution in [1.29, 1.82) is 0 Å². The van der Waals surface area contributed by atoms with E-state index in [0.29, 0.717) is 12.6 Å². The molecule has 0 aromatic heterocycles. The number of sulfonamides is 1. The normalized spacial score (nSPS) is 22.2. The van der Waals surface area contributed by atoms with Crippen LogP contribution in [0.4, 0.5) is 0 Å². The van der Waals surface area contributed by atoms with Gasteiger partial charge in [0, 0.05) is 19.1 Å². The van der Waals surface area contributed by atoms with Gasteiger partial charge in [0.2, 0.25) is 10.0 Å². The quantitative estimate of drug-likeness (QED) is 0.689. The largest absolute Gasteiger partial charge is 0.480 e. The van der Waals surface area contributed by atoms with Gasteiger partial charge in [0.05, 0.1) is 0 Å². The fraction of sp³-hybridized carbons (Fsp3) is 0.900. The molecule has 0 bridgehead atoms. The van der Waals surface area contributed by atoms with E-state index in [2.05, 4.69) is 23.5 Å². The molecule has 7 heteroatoms. The van der Waals surface area contributed by atoms with Gasteiger partial charge in [-0.1, -0.05) is 0 Å². The maximum absolute atomic E-state index is 11.3. The van der Waals surface area contributed by atoms with Crippen LogP contribution in [0.25, 0.3) is 0 Å². The minimum Gasteiger partial charge on any atom is -0.480 e. The van der Waals surface area contributed by atoms with Crippen molar-refractivity contribution in [2.45, 2.75) is 26.3 Å². The molecule has 0 amide bonds. The van der Waals surface area contributed by atoms with Crippen LogP contribution >= 0.6 is 0 Å². The van der Waals surface area contributed by atoms with Crippen molar-refractivity contribution in [1.82, 2.24) is 9.62 Å². The summed E-state index contributed by atoms with van der Waals surface area (Å²) in [5.74, 6) is -1.90. The molecule has 6 nitrogen and oxygen atoms in total. The standard InChI is InChI=1S/C10H20N2O4S/c1-8(2)12-4-3-9(6-12)5-11-17(15,16)7-10(13)14/h8-9,11H,3-7H2,1-2H3,(H,13,14). The highest BCUT2D eigenvalue weighted by molar-refractivity contribution is 7.90. The van der Waals surface area contributed by atoms with Crippen molar-refractivity contribution in [3.63, 3.8) is 0 Å². The van der Waals surface area contributed by atoms with E-state index in [9.17, 15) is 13.2 Å². The minimum absolute atomic E-state index is 0.279. The lowest BCUT2D eigenvalue weighted by atomic mass is 10.1. The summed E-state index contributed by atoms with van der Waals surface area (Å²) in [6.45, 7) is 6.39. The summed E-state index contributed by atoms with van der Waals surface area (Å²) in [5.41, 5.74) is 0. The van der Waals surface area contributed by atoms with Gasteiger partial charge in [0.15, 0.2) is 5.75 Å². The van der Waals surface area contributed by atoms with Crippen LogP contribution in [-0.2, 0) is 14.8 Å². The average molecular weight is 264 g/mol. The van der Waals surface area contributed by atoms with Gasteiger partial charge in [0.1, 0.15) is 0 Å². The monoisotopic (exact) mass is 264 g/mol. The Bertz CT molecular complexity index is 367. The molecule has 1 heterocycles. The van der Waals surface area contributed by atoms with Gasteiger partial charge < -0.3 is 10.0 Å². The van der Waals surface area contributed by atoms with Crippen molar-refractivity contribution in [2.24, 2.45) is 5.92 Å². The molecule has 17 heavy (non-hydrogen) atoms. The molecule has 0 saturated carbocycles. The van der Waals surface area contributed by atoms with Crippen LogP contribution in [-0.4, -0.2) is 55.8 Å². The summed E-state index contributed by atoms with van der Waals surface area (Å²) in [5, 5.41) is 8.43. The number of carbonyl (C=O) groups is 1. The van der Waals surface area contributed by atoms with Crippen LogP contribution in [0, 0.1) is 5.92 Å². The zero-order chi connectivity index (χ0) is 13.1. The van der Waals surface area contributed by atoms with E-state index >= 15 is 0 Å². The van der Waals surface area contributed by atoms with Crippen LogP contribution < -0.4 is 4.72 Å². The number of likely N-dealkylation sites (tertiary alicyclic amines) is 1. The average Bonchev–Trinajstić information content (AvgIpc) is 2.61. The molecule has 0 spiro atoms. The molecule has 0 aliphatic carbocycles. The van der Waals surface area contributed by atoms with Gasteiger partial charge in [-0.15, -0.1) is 0 Å². The maximum Gasteiger partial charge on any atom is 0.320 e. The number of rotatable bonds is 6. The second kappa shape index (κ2) is 5.79. The van der Waals surface area contributed by atoms with Gasteiger partial charge in [-0.3, -0.25) is 4.79 Å². The fourth-order valence-corrected chi connectivity index (χ4v) is 2.87. The molecule has 100 valence electrons. The van der Waals surface area contributed by atoms with Crippen LogP contribution in [0.3, 0.4) is 0 Å². The second-order valence-electron chi connectivity index (χ2n) is 4.74. The third kappa shape index (κ3) is 5.01. The van der Waals surface area contributed by atoms with Gasteiger partial charge >= 0.3 is 5.97 Å². The highest BCUT2D eigenvalue weighted by Gasteiger charge is 2.25. The summed E-state index contributed by atoms with van der Waals surface area (Å²) in [6.07, 6.45) is 0.952. The molecule has 1 rings (SSSR count). The molecule has 2 N–H and O–H groups in total. The Kier molecular flexibility index (Phi) is 4.91. The number of aliphatic carboxylic acids is 1. The van der Waals surface area contributed by atoms with Gasteiger partial charge in [-0.2, -0.15) is 0 Å². The van der Waals surface area contributed by atoms with Crippen molar-refractivity contribution < 1.29 is 18.3 Å². The zero-order valence-corrected chi connectivity index (χ0v) is 11.0. The summed E-state index contributed by atoms with van der Waals surface area (Å²) in [4.78, 5) is 12.6. The molecule has 1 saturated heterocycles. The molecule has 1 aliphatic heterocycles. The SMILES string of the molecule is CC(C)N1CCC(CNS(=O)(=O)CC(=O)O)C1. The molecule has 0 radical (unpaired) electrons. The summed E-state index contributed by atoms with van der Waals surface area (Å²) in [7, 11) is -3.67. The van der Waals surface area contributed by atoms with E-state index in [4.69, 9.17) is 5.11 Å². The number of hydrogen-bond donors (Lipinski definition) is 2. The molecule has 1 fully saturated rings. The second-order valence-corrected chi connectivity index (χ2v) is 6.55. The Morgan fingerprint density at radius 1 is 1.53 bits per heavy atom. The number of nitrogens with one attached hydrogen (secondary N) is 1. The van der Waals surface area contributed by atoms with E-state index in [0.717, 1.165) is 19.5 Å². The molecule has 1 atom stereocenters. The van der Waals surface area contributed by atoms with Crippen molar-refractivity contribution in [3.8, 4) is 0 Å². The Morgan fingerprint density at radius 3 is 2.65 bits per heavy atom. The Balaban J connectivity index is 2.35. The van der Waals surface area contributed by atoms with Crippen molar-refractivity contribution in [3.05, 3.63) is 0 Å². The Morgan fingerprint density at radius 2 is 2.18 bits per heavy atom. The van der Waals surface area contributed by atoms with Gasteiger partial charge in [-0.25, -0.2) is 13.1 Å². The number of hydrogen-bond acceptors (Lipinski definition) is 4. The minimum atomic E-state index is -3.67. The van der Waals surface area contributed by atoms with Crippen LogP contribution in [0.1, 0.15) is 20.3 Å². The molecular formula is C10H20N2O4S. The molecule has 0 aromatic carbocycles. The van der Waals surface area contributed by atoms with Crippen LogP contribution in [0.5, 0.6) is 0 Å². The first kappa shape index (κ1) is 14.4. The van der Waals surface area contributed by atoms with E-state index in [1.54, 1.807) is 0 Å². The van der Waals surface area contributed by atoms with Crippen molar-refractivity contribution in [2.75, 3.05) is 25.4 Å². The van der Waals surface area contributed by atoms with Gasteiger partial charge in [0.25, 0.3) is 0 Å². The van der Waals surface area contributed by atoms with Crippen LogP contribution in [0.15, 0.2) is 0 Å². The first-order chi connectivity index (χ1) is 7.80.